The number of aromatic nitrogens is 2. The number of hydrogen-bond acceptors (Lipinski definition) is 5. The van der Waals surface area contributed by atoms with Gasteiger partial charge < -0.3 is 19.6 Å². The van der Waals surface area contributed by atoms with E-state index in [0.29, 0.717) is 30.4 Å². The summed E-state index contributed by atoms with van der Waals surface area (Å²) in [5, 5.41) is 6.89. The second kappa shape index (κ2) is 7.61. The number of nitrogens with zero attached hydrogens (tertiary/aromatic N) is 4. The monoisotopic (exact) mass is 383 g/mol. The summed E-state index contributed by atoms with van der Waals surface area (Å²) in [5.41, 5.74) is 2.49. The second-order valence-corrected chi connectivity index (χ2v) is 7.46. The lowest BCUT2D eigenvalue weighted by Gasteiger charge is -2.33. The summed E-state index contributed by atoms with van der Waals surface area (Å²) in [7, 11) is 0. The Morgan fingerprint density at radius 3 is 2.79 bits per heavy atom. The molecule has 3 heterocycles. The number of nitrogens with one attached hydrogen (secondary N) is 1. The first-order valence-corrected chi connectivity index (χ1v) is 9.82. The van der Waals surface area contributed by atoms with Crippen molar-refractivity contribution in [1.82, 2.24) is 15.0 Å². The van der Waals surface area contributed by atoms with Gasteiger partial charge in [0, 0.05) is 30.9 Å². The smallest absolute Gasteiger partial charge is 0.322 e. The van der Waals surface area contributed by atoms with Gasteiger partial charge in [0.2, 0.25) is 11.8 Å². The van der Waals surface area contributed by atoms with E-state index in [1.807, 2.05) is 25.1 Å². The van der Waals surface area contributed by atoms with E-state index in [1.165, 1.54) is 0 Å². The van der Waals surface area contributed by atoms with E-state index in [1.54, 1.807) is 16.7 Å². The minimum Gasteiger partial charge on any atom is -0.337 e. The maximum Gasteiger partial charge on any atom is 0.322 e. The molecule has 1 unspecified atom stereocenters. The van der Waals surface area contributed by atoms with Gasteiger partial charge in [-0.2, -0.15) is 4.98 Å². The molecule has 2 aliphatic heterocycles. The summed E-state index contributed by atoms with van der Waals surface area (Å²) in [6.07, 6.45) is 4.21. The number of anilines is 2. The molecule has 0 saturated carbocycles. The molecule has 4 rings (SSSR count). The van der Waals surface area contributed by atoms with Crippen LogP contribution in [0, 0.1) is 13.8 Å². The average Bonchev–Trinajstić information content (AvgIpc) is 3.32. The van der Waals surface area contributed by atoms with Gasteiger partial charge in [-0.05, 0) is 57.2 Å². The van der Waals surface area contributed by atoms with Crippen LogP contribution >= 0.6 is 0 Å². The third kappa shape index (κ3) is 3.58. The van der Waals surface area contributed by atoms with Crippen LogP contribution in [0.4, 0.5) is 16.2 Å². The molecule has 148 valence electrons. The van der Waals surface area contributed by atoms with Crippen LogP contribution in [0.5, 0.6) is 0 Å². The number of rotatable bonds is 3. The number of hydrogen-bond donors (Lipinski definition) is 1. The van der Waals surface area contributed by atoms with Crippen LogP contribution in [-0.2, 0) is 4.79 Å². The van der Waals surface area contributed by atoms with Crippen molar-refractivity contribution in [3.8, 4) is 0 Å². The van der Waals surface area contributed by atoms with Gasteiger partial charge in [-0.3, -0.25) is 4.79 Å². The Labute approximate surface area is 163 Å². The number of piperidine rings is 1. The molecule has 0 aliphatic carbocycles. The summed E-state index contributed by atoms with van der Waals surface area (Å²) in [6.45, 7) is 5.08. The number of amides is 3. The van der Waals surface area contributed by atoms with Crippen molar-refractivity contribution in [2.45, 2.75) is 52.0 Å². The van der Waals surface area contributed by atoms with Gasteiger partial charge in [0.15, 0.2) is 5.82 Å². The third-order valence-corrected chi connectivity index (χ3v) is 5.44. The lowest BCUT2D eigenvalue weighted by molar-refractivity contribution is -0.117. The molecule has 1 aromatic carbocycles. The number of likely N-dealkylation sites (tertiary alicyclic amines) is 1. The molecule has 0 bridgehead atoms. The summed E-state index contributed by atoms with van der Waals surface area (Å²) >= 11 is 0. The Hall–Kier alpha value is -2.90. The number of urea groups is 1. The van der Waals surface area contributed by atoms with Crippen molar-refractivity contribution >= 4 is 23.3 Å². The van der Waals surface area contributed by atoms with Gasteiger partial charge in [-0.1, -0.05) is 11.2 Å². The van der Waals surface area contributed by atoms with E-state index in [9.17, 15) is 9.59 Å². The molecule has 1 aromatic heterocycles. The molecule has 0 radical (unpaired) electrons. The molecule has 2 fully saturated rings. The molecular weight excluding hydrogens is 358 g/mol. The summed E-state index contributed by atoms with van der Waals surface area (Å²) < 4.78 is 5.33. The van der Waals surface area contributed by atoms with Crippen LogP contribution in [0.3, 0.4) is 0 Å². The first-order chi connectivity index (χ1) is 13.5. The maximum absolute atomic E-state index is 13.1. The third-order valence-electron chi connectivity index (χ3n) is 5.44. The van der Waals surface area contributed by atoms with Crippen LogP contribution in [0.15, 0.2) is 22.7 Å². The van der Waals surface area contributed by atoms with E-state index < -0.39 is 0 Å². The van der Waals surface area contributed by atoms with Gasteiger partial charge in [-0.25, -0.2) is 4.79 Å². The van der Waals surface area contributed by atoms with Gasteiger partial charge >= 0.3 is 6.03 Å². The standard InChI is InChI=1S/C20H25N5O3/c1-13-8-9-15(24-11-5-7-18(24)26)12-16(13)22-20(27)25-10-4-3-6-17(25)19-21-14(2)23-28-19/h8-9,12,17H,3-7,10-11H2,1-2H3,(H,22,27). The maximum atomic E-state index is 13.1. The van der Waals surface area contributed by atoms with Crippen molar-refractivity contribution in [3.05, 3.63) is 35.5 Å². The Balaban J connectivity index is 1.54. The van der Waals surface area contributed by atoms with E-state index in [4.69, 9.17) is 4.52 Å². The number of benzene rings is 1. The Bertz CT molecular complexity index is 894. The molecule has 3 amide bonds. The summed E-state index contributed by atoms with van der Waals surface area (Å²) in [5.74, 6) is 1.18. The highest BCUT2D eigenvalue weighted by Crippen LogP contribution is 2.32. The van der Waals surface area contributed by atoms with Crippen molar-refractivity contribution in [1.29, 1.82) is 0 Å². The fourth-order valence-corrected chi connectivity index (χ4v) is 3.90. The Morgan fingerprint density at radius 1 is 1.21 bits per heavy atom. The minimum atomic E-state index is -0.210. The van der Waals surface area contributed by atoms with Gasteiger partial charge in [0.25, 0.3) is 0 Å². The molecule has 0 spiro atoms. The SMILES string of the molecule is Cc1noc(C2CCCCN2C(=O)Nc2cc(N3CCCC3=O)ccc2C)n1. The highest BCUT2D eigenvalue weighted by Gasteiger charge is 2.32. The zero-order valence-electron chi connectivity index (χ0n) is 16.3. The first-order valence-electron chi connectivity index (χ1n) is 9.82. The topological polar surface area (TPSA) is 91.6 Å². The zero-order chi connectivity index (χ0) is 19.7. The fraction of sp³-hybridized carbons (Fsp3) is 0.500. The number of aryl methyl sites for hydroxylation is 2. The highest BCUT2D eigenvalue weighted by molar-refractivity contribution is 5.97. The average molecular weight is 383 g/mol. The molecule has 8 heteroatoms. The summed E-state index contributed by atoms with van der Waals surface area (Å²) in [6, 6.07) is 5.35. The number of carbonyl (C=O) groups is 2. The molecule has 1 atom stereocenters. The predicted molar refractivity (Wildman–Crippen MR) is 104 cm³/mol. The Morgan fingerprint density at radius 2 is 2.07 bits per heavy atom. The first kappa shape index (κ1) is 18.5. The van der Waals surface area contributed by atoms with Crippen molar-refractivity contribution in [3.63, 3.8) is 0 Å². The van der Waals surface area contributed by atoms with Crippen molar-refractivity contribution in [2.24, 2.45) is 0 Å². The molecule has 2 saturated heterocycles. The number of carbonyl (C=O) groups excluding carboxylic acids is 2. The van der Waals surface area contributed by atoms with Crippen LogP contribution in [0.1, 0.15) is 55.4 Å². The van der Waals surface area contributed by atoms with Crippen LogP contribution in [-0.4, -0.2) is 40.1 Å². The minimum absolute atomic E-state index is 0.129. The van der Waals surface area contributed by atoms with E-state index >= 15 is 0 Å². The molecule has 28 heavy (non-hydrogen) atoms. The second-order valence-electron chi connectivity index (χ2n) is 7.46. The van der Waals surface area contributed by atoms with E-state index in [0.717, 1.165) is 43.5 Å². The van der Waals surface area contributed by atoms with Crippen LogP contribution in [0.2, 0.25) is 0 Å². The van der Waals surface area contributed by atoms with Gasteiger partial charge in [0.05, 0.1) is 0 Å². The van der Waals surface area contributed by atoms with Crippen LogP contribution < -0.4 is 10.2 Å². The highest BCUT2D eigenvalue weighted by atomic mass is 16.5. The van der Waals surface area contributed by atoms with Crippen molar-refractivity contribution in [2.75, 3.05) is 23.3 Å². The molecule has 2 aromatic rings. The van der Waals surface area contributed by atoms with E-state index in [2.05, 4.69) is 15.5 Å². The molecule has 8 nitrogen and oxygen atoms in total. The quantitative estimate of drug-likeness (QED) is 0.875. The molecule has 1 N–H and O–H groups in total. The lowest BCUT2D eigenvalue weighted by atomic mass is 10.0. The van der Waals surface area contributed by atoms with Crippen molar-refractivity contribution < 1.29 is 14.1 Å². The van der Waals surface area contributed by atoms with Gasteiger partial charge in [0.1, 0.15) is 6.04 Å². The van der Waals surface area contributed by atoms with Crippen LogP contribution in [0.25, 0.3) is 0 Å². The zero-order valence-corrected chi connectivity index (χ0v) is 16.3. The normalized spacial score (nSPS) is 19.9. The lowest BCUT2D eigenvalue weighted by Crippen LogP contribution is -2.41. The predicted octanol–water partition coefficient (Wildman–Crippen LogP) is 3.57. The van der Waals surface area contributed by atoms with E-state index in [-0.39, 0.29) is 18.0 Å². The molecular formula is C20H25N5O3. The fourth-order valence-electron chi connectivity index (χ4n) is 3.90. The largest absolute Gasteiger partial charge is 0.337 e. The Kier molecular flexibility index (Phi) is 5.02. The summed E-state index contributed by atoms with van der Waals surface area (Å²) in [4.78, 5) is 33.0. The van der Waals surface area contributed by atoms with Gasteiger partial charge in [-0.15, -0.1) is 0 Å². The molecule has 2 aliphatic rings.